The van der Waals surface area contributed by atoms with E-state index in [1.807, 2.05) is 4.68 Å². The molecule has 20 heavy (non-hydrogen) atoms. The minimum Gasteiger partial charge on any atom is -0.217 e. The highest BCUT2D eigenvalue weighted by Crippen LogP contribution is 2.33. The van der Waals surface area contributed by atoms with E-state index in [1.165, 1.54) is 55.4 Å². The predicted molar refractivity (Wildman–Crippen MR) is 78.1 cm³/mol. The van der Waals surface area contributed by atoms with Gasteiger partial charge in [-0.25, -0.2) is 9.67 Å². The molecule has 0 radical (unpaired) electrons. The topological polar surface area (TPSA) is 69.4 Å². The Balaban J connectivity index is 1.75. The molecule has 0 atom stereocenters. The molecule has 0 amide bonds. The maximum Gasteiger partial charge on any atom is 0.216 e. The van der Waals surface area contributed by atoms with Gasteiger partial charge >= 0.3 is 0 Å². The van der Waals surface area contributed by atoms with Gasteiger partial charge in [-0.3, -0.25) is 0 Å². The molecule has 0 bridgehead atoms. The summed E-state index contributed by atoms with van der Waals surface area (Å²) in [5.41, 5.74) is 0. The quantitative estimate of drug-likeness (QED) is 0.863. The van der Waals surface area contributed by atoms with Crippen LogP contribution in [0.1, 0.15) is 63.7 Å². The molecule has 2 aromatic rings. The van der Waals surface area contributed by atoms with E-state index in [2.05, 4.69) is 38.7 Å². The van der Waals surface area contributed by atoms with E-state index in [4.69, 9.17) is 0 Å². The van der Waals surface area contributed by atoms with E-state index < -0.39 is 0 Å². The number of hydrogen-bond donors (Lipinski definition) is 0. The van der Waals surface area contributed by atoms with Gasteiger partial charge in [0, 0.05) is 5.92 Å². The first-order chi connectivity index (χ1) is 9.74. The molecule has 0 spiro atoms. The smallest absolute Gasteiger partial charge is 0.216 e. The minimum absolute atomic E-state index is 0.356. The molecule has 3 rings (SSSR count). The highest BCUT2D eigenvalue weighted by atomic mass is 32.2. The van der Waals surface area contributed by atoms with Crippen molar-refractivity contribution in [2.24, 2.45) is 0 Å². The second kappa shape index (κ2) is 6.17. The Bertz CT molecular complexity index is 558. The van der Waals surface area contributed by atoms with Crippen LogP contribution in [0.3, 0.4) is 0 Å². The third kappa shape index (κ3) is 3.01. The third-order valence-electron chi connectivity index (χ3n) is 3.50. The number of aromatic nitrogens is 6. The molecule has 8 heteroatoms. The molecule has 2 aromatic heterocycles. The summed E-state index contributed by atoms with van der Waals surface area (Å²) < 4.78 is 7.26. The number of rotatable bonds is 4. The van der Waals surface area contributed by atoms with Crippen LogP contribution < -0.4 is 0 Å². The van der Waals surface area contributed by atoms with Gasteiger partial charge in [-0.15, -0.1) is 5.10 Å². The maximum atomic E-state index is 4.53. The molecular weight excluding hydrogens is 292 g/mol. The van der Waals surface area contributed by atoms with Gasteiger partial charge in [-0.05, 0) is 46.6 Å². The summed E-state index contributed by atoms with van der Waals surface area (Å²) in [5.74, 6) is 1.25. The zero-order valence-electron chi connectivity index (χ0n) is 11.7. The van der Waals surface area contributed by atoms with E-state index >= 15 is 0 Å². The summed E-state index contributed by atoms with van der Waals surface area (Å²) in [6, 6.07) is 0.443. The normalized spacial score (nSPS) is 16.9. The molecule has 6 nitrogen and oxygen atoms in total. The van der Waals surface area contributed by atoms with Gasteiger partial charge < -0.3 is 0 Å². The first-order valence-electron chi connectivity index (χ1n) is 7.03. The minimum atomic E-state index is 0.356. The van der Waals surface area contributed by atoms with Crippen molar-refractivity contribution in [2.75, 3.05) is 0 Å². The second-order valence-electron chi connectivity index (χ2n) is 5.37. The lowest BCUT2D eigenvalue weighted by Gasteiger charge is -2.21. The average molecular weight is 310 g/mol. The monoisotopic (exact) mass is 310 g/mol. The third-order valence-corrected chi connectivity index (χ3v) is 5.22. The summed E-state index contributed by atoms with van der Waals surface area (Å²) in [5, 5.41) is 13.0. The molecule has 2 heterocycles. The molecule has 0 N–H and O–H groups in total. The van der Waals surface area contributed by atoms with Crippen molar-refractivity contribution >= 4 is 23.3 Å². The van der Waals surface area contributed by atoms with Crippen LogP contribution in [0.4, 0.5) is 0 Å². The van der Waals surface area contributed by atoms with Crippen LogP contribution in [0.5, 0.6) is 0 Å². The van der Waals surface area contributed by atoms with Crippen molar-refractivity contribution in [2.45, 2.75) is 67.4 Å². The van der Waals surface area contributed by atoms with Gasteiger partial charge in [0.15, 0.2) is 4.34 Å². The summed E-state index contributed by atoms with van der Waals surface area (Å²) in [6.45, 7) is 4.20. The van der Waals surface area contributed by atoms with Crippen LogP contribution in [0.2, 0.25) is 0 Å². The van der Waals surface area contributed by atoms with E-state index in [-0.39, 0.29) is 0 Å². The Morgan fingerprint density at radius 2 is 2.05 bits per heavy atom. The van der Waals surface area contributed by atoms with Crippen molar-refractivity contribution in [1.29, 1.82) is 0 Å². The Hall–Kier alpha value is -1.02. The molecule has 1 saturated carbocycles. The van der Waals surface area contributed by atoms with Gasteiger partial charge in [-0.1, -0.05) is 33.1 Å². The standard InChI is InChI=1S/C12H18N6S2/c1-8(2)10-13-12(20-15-10)19-11-14-16-17-18(11)9-6-4-3-5-7-9/h8-9H,3-7H2,1-2H3. The largest absolute Gasteiger partial charge is 0.217 e. The molecule has 1 aliphatic rings. The van der Waals surface area contributed by atoms with E-state index in [0.717, 1.165) is 15.3 Å². The average Bonchev–Trinajstić information content (AvgIpc) is 3.09. The van der Waals surface area contributed by atoms with Crippen LogP contribution in [0, 0.1) is 0 Å². The fraction of sp³-hybridized carbons (Fsp3) is 0.750. The lowest BCUT2D eigenvalue weighted by atomic mass is 9.96. The van der Waals surface area contributed by atoms with Crippen LogP contribution in [-0.2, 0) is 0 Å². The number of tetrazole rings is 1. The Labute approximate surface area is 126 Å². The zero-order valence-corrected chi connectivity index (χ0v) is 13.3. The van der Waals surface area contributed by atoms with Gasteiger partial charge in [0.25, 0.3) is 0 Å². The molecule has 1 fully saturated rings. The van der Waals surface area contributed by atoms with E-state index in [1.54, 1.807) is 0 Å². The zero-order chi connectivity index (χ0) is 13.9. The molecule has 0 aromatic carbocycles. The lowest BCUT2D eigenvalue weighted by Crippen LogP contribution is -2.15. The summed E-state index contributed by atoms with van der Waals surface area (Å²) in [6.07, 6.45) is 6.21. The van der Waals surface area contributed by atoms with Gasteiger partial charge in [0.1, 0.15) is 5.82 Å². The summed E-state index contributed by atoms with van der Waals surface area (Å²) in [4.78, 5) is 4.53. The SMILES string of the molecule is CC(C)c1nsc(Sc2nnnn2C2CCCCC2)n1. The maximum absolute atomic E-state index is 4.53. The van der Waals surface area contributed by atoms with Crippen molar-refractivity contribution in [3.05, 3.63) is 5.82 Å². The van der Waals surface area contributed by atoms with Crippen molar-refractivity contribution in [1.82, 2.24) is 29.6 Å². The highest BCUT2D eigenvalue weighted by molar-refractivity contribution is 8.00. The number of hydrogen-bond acceptors (Lipinski definition) is 7. The lowest BCUT2D eigenvalue weighted by molar-refractivity contribution is 0.307. The van der Waals surface area contributed by atoms with Crippen molar-refractivity contribution < 1.29 is 0 Å². The van der Waals surface area contributed by atoms with Gasteiger partial charge in [-0.2, -0.15) is 4.37 Å². The Morgan fingerprint density at radius 1 is 1.25 bits per heavy atom. The molecule has 108 valence electrons. The first kappa shape index (κ1) is 13.9. The van der Waals surface area contributed by atoms with Crippen molar-refractivity contribution in [3.63, 3.8) is 0 Å². The molecule has 0 unspecified atom stereocenters. The fourth-order valence-corrected chi connectivity index (χ4v) is 4.08. The van der Waals surface area contributed by atoms with Crippen LogP contribution >= 0.6 is 23.3 Å². The van der Waals surface area contributed by atoms with Crippen LogP contribution in [0.15, 0.2) is 9.50 Å². The molecule has 1 aliphatic carbocycles. The second-order valence-corrected chi connectivity index (χ2v) is 7.34. The number of nitrogens with zero attached hydrogens (tertiary/aromatic N) is 6. The van der Waals surface area contributed by atoms with E-state index in [0.29, 0.717) is 12.0 Å². The van der Waals surface area contributed by atoms with Gasteiger partial charge in [0.2, 0.25) is 5.16 Å². The summed E-state index contributed by atoms with van der Waals surface area (Å²) in [7, 11) is 0. The van der Waals surface area contributed by atoms with Gasteiger partial charge in [0.05, 0.1) is 6.04 Å². The van der Waals surface area contributed by atoms with Crippen LogP contribution in [0.25, 0.3) is 0 Å². The Morgan fingerprint density at radius 3 is 2.75 bits per heavy atom. The predicted octanol–water partition coefficient (Wildman–Crippen LogP) is 3.30. The fourth-order valence-electron chi connectivity index (χ4n) is 2.38. The summed E-state index contributed by atoms with van der Waals surface area (Å²) >= 11 is 2.95. The van der Waals surface area contributed by atoms with Crippen molar-refractivity contribution in [3.8, 4) is 0 Å². The highest BCUT2D eigenvalue weighted by Gasteiger charge is 2.21. The Kier molecular flexibility index (Phi) is 4.30. The molecular formula is C12H18N6S2. The first-order valence-corrected chi connectivity index (χ1v) is 8.62. The molecule has 0 saturated heterocycles. The van der Waals surface area contributed by atoms with Crippen LogP contribution in [-0.4, -0.2) is 29.6 Å². The van der Waals surface area contributed by atoms with E-state index in [9.17, 15) is 0 Å². The molecule has 0 aliphatic heterocycles.